The Morgan fingerprint density at radius 1 is 1.50 bits per heavy atom. The van der Waals surface area contributed by atoms with E-state index in [9.17, 15) is 9.18 Å². The Labute approximate surface area is 105 Å². The molecule has 1 aromatic carbocycles. The van der Waals surface area contributed by atoms with E-state index >= 15 is 0 Å². The molecule has 5 heteroatoms. The number of anilines is 2. The molecule has 0 unspecified atom stereocenters. The predicted octanol–water partition coefficient (Wildman–Crippen LogP) is 2.71. The molecule has 0 aliphatic heterocycles. The Morgan fingerprint density at radius 2 is 2.22 bits per heavy atom. The topological polar surface area (TPSA) is 75.3 Å². The van der Waals surface area contributed by atoms with Crippen molar-refractivity contribution in [2.75, 3.05) is 17.6 Å². The lowest BCUT2D eigenvalue weighted by Crippen LogP contribution is -2.17. The zero-order valence-corrected chi connectivity index (χ0v) is 10.1. The number of nitrogens with one attached hydrogen (secondary N) is 1. The number of carboxylic acids is 1. The molecule has 4 nitrogen and oxygen atoms in total. The van der Waals surface area contributed by atoms with Crippen molar-refractivity contribution < 1.29 is 14.3 Å². The molecule has 98 valence electrons. The average molecular weight is 252 g/mol. The third kappa shape index (κ3) is 2.55. The zero-order valence-electron chi connectivity index (χ0n) is 10.1. The minimum atomic E-state index is -1.21. The van der Waals surface area contributed by atoms with Gasteiger partial charge >= 0.3 is 5.97 Å². The molecule has 1 aliphatic carbocycles. The Morgan fingerprint density at radius 3 is 2.78 bits per heavy atom. The summed E-state index contributed by atoms with van der Waals surface area (Å²) >= 11 is 0. The van der Waals surface area contributed by atoms with Crippen molar-refractivity contribution in [2.24, 2.45) is 5.92 Å². The highest BCUT2D eigenvalue weighted by molar-refractivity contribution is 6.00. The molecule has 1 aromatic rings. The number of nitrogens with two attached hydrogens (primary N) is 1. The Hall–Kier alpha value is -1.78. The summed E-state index contributed by atoms with van der Waals surface area (Å²) in [6.07, 6.45) is 4.79. The molecular formula is C13H17FN2O2. The summed E-state index contributed by atoms with van der Waals surface area (Å²) in [7, 11) is 0. The highest BCUT2D eigenvalue weighted by Crippen LogP contribution is 2.30. The van der Waals surface area contributed by atoms with E-state index in [1.165, 1.54) is 31.4 Å². The first-order chi connectivity index (χ1) is 8.59. The third-order valence-corrected chi connectivity index (χ3v) is 3.50. The number of benzene rings is 1. The van der Waals surface area contributed by atoms with Crippen LogP contribution in [-0.4, -0.2) is 17.6 Å². The van der Waals surface area contributed by atoms with Crippen molar-refractivity contribution in [3.05, 3.63) is 23.5 Å². The Balaban J connectivity index is 2.06. The van der Waals surface area contributed by atoms with E-state index in [0.717, 1.165) is 12.3 Å². The average Bonchev–Trinajstić information content (AvgIpc) is 2.26. The van der Waals surface area contributed by atoms with Crippen LogP contribution in [0.25, 0.3) is 0 Å². The van der Waals surface area contributed by atoms with Gasteiger partial charge in [-0.3, -0.25) is 0 Å². The number of rotatable bonds is 5. The molecule has 18 heavy (non-hydrogen) atoms. The van der Waals surface area contributed by atoms with Crippen LogP contribution in [-0.2, 0) is 0 Å². The van der Waals surface area contributed by atoms with Gasteiger partial charge in [0.15, 0.2) is 0 Å². The SMILES string of the molecule is Nc1c(F)ccc(NCCC2CCC2)c1C(=O)O. The molecule has 4 N–H and O–H groups in total. The third-order valence-electron chi connectivity index (χ3n) is 3.50. The van der Waals surface area contributed by atoms with Crippen LogP contribution < -0.4 is 11.1 Å². The van der Waals surface area contributed by atoms with E-state index in [1.807, 2.05) is 0 Å². The van der Waals surface area contributed by atoms with Gasteiger partial charge in [0.1, 0.15) is 11.4 Å². The first kappa shape index (κ1) is 12.7. The second-order valence-corrected chi connectivity index (χ2v) is 4.70. The van der Waals surface area contributed by atoms with Gasteiger partial charge < -0.3 is 16.2 Å². The summed E-state index contributed by atoms with van der Waals surface area (Å²) in [5, 5.41) is 12.1. The van der Waals surface area contributed by atoms with Crippen LogP contribution in [0.3, 0.4) is 0 Å². The van der Waals surface area contributed by atoms with Gasteiger partial charge in [0.05, 0.1) is 11.4 Å². The molecule has 0 amide bonds. The maximum absolute atomic E-state index is 13.2. The van der Waals surface area contributed by atoms with E-state index in [2.05, 4.69) is 5.32 Å². The molecule has 0 radical (unpaired) electrons. The van der Waals surface area contributed by atoms with Crippen molar-refractivity contribution in [2.45, 2.75) is 25.7 Å². The molecule has 0 spiro atoms. The van der Waals surface area contributed by atoms with Gasteiger partial charge in [0.2, 0.25) is 0 Å². The van der Waals surface area contributed by atoms with Crippen molar-refractivity contribution in [3.8, 4) is 0 Å². The van der Waals surface area contributed by atoms with E-state index in [1.54, 1.807) is 0 Å². The molecular weight excluding hydrogens is 235 g/mol. The monoisotopic (exact) mass is 252 g/mol. The highest BCUT2D eigenvalue weighted by Gasteiger charge is 2.19. The standard InChI is InChI=1S/C13H17FN2O2/c14-9-4-5-10(11(12(9)15)13(17)18)16-7-6-8-2-1-3-8/h4-5,8,16H,1-3,6-7,15H2,(H,17,18). The number of carboxylic acid groups (broad SMARTS) is 1. The van der Waals surface area contributed by atoms with Crippen LogP contribution in [0.15, 0.2) is 12.1 Å². The van der Waals surface area contributed by atoms with Crippen LogP contribution in [0.5, 0.6) is 0 Å². The van der Waals surface area contributed by atoms with Gasteiger partial charge in [0, 0.05) is 6.54 Å². The van der Waals surface area contributed by atoms with Crippen molar-refractivity contribution in [1.82, 2.24) is 0 Å². The van der Waals surface area contributed by atoms with Gasteiger partial charge in [0.25, 0.3) is 0 Å². The van der Waals surface area contributed by atoms with Crippen molar-refractivity contribution in [3.63, 3.8) is 0 Å². The van der Waals surface area contributed by atoms with Gasteiger partial charge in [-0.25, -0.2) is 9.18 Å². The first-order valence-electron chi connectivity index (χ1n) is 6.14. The van der Waals surface area contributed by atoms with E-state index in [4.69, 9.17) is 10.8 Å². The highest BCUT2D eigenvalue weighted by atomic mass is 19.1. The fourth-order valence-electron chi connectivity index (χ4n) is 2.16. The molecule has 0 bridgehead atoms. The van der Waals surface area contributed by atoms with Crippen LogP contribution in [0.1, 0.15) is 36.0 Å². The molecule has 0 aromatic heterocycles. The van der Waals surface area contributed by atoms with Crippen molar-refractivity contribution in [1.29, 1.82) is 0 Å². The number of aromatic carboxylic acids is 1. The lowest BCUT2D eigenvalue weighted by atomic mass is 9.83. The molecule has 1 fully saturated rings. The second kappa shape index (κ2) is 5.25. The molecule has 1 saturated carbocycles. The van der Waals surface area contributed by atoms with E-state index in [0.29, 0.717) is 12.2 Å². The normalized spacial score (nSPS) is 15.2. The summed E-state index contributed by atoms with van der Waals surface area (Å²) in [6, 6.07) is 2.61. The van der Waals surface area contributed by atoms with Gasteiger partial charge in [-0.1, -0.05) is 19.3 Å². The minimum absolute atomic E-state index is 0.177. The summed E-state index contributed by atoms with van der Waals surface area (Å²) in [5.74, 6) is -1.17. The maximum atomic E-state index is 13.2. The maximum Gasteiger partial charge on any atom is 0.340 e. The number of hydrogen-bond acceptors (Lipinski definition) is 3. The van der Waals surface area contributed by atoms with Crippen LogP contribution in [0.2, 0.25) is 0 Å². The Bertz CT molecular complexity index is 459. The first-order valence-corrected chi connectivity index (χ1v) is 6.14. The summed E-state index contributed by atoms with van der Waals surface area (Å²) in [6.45, 7) is 0.690. The smallest absolute Gasteiger partial charge is 0.340 e. The molecule has 2 rings (SSSR count). The van der Waals surface area contributed by atoms with Crippen molar-refractivity contribution >= 4 is 17.3 Å². The molecule has 0 atom stereocenters. The summed E-state index contributed by atoms with van der Waals surface area (Å²) in [5.41, 5.74) is 5.36. The molecule has 0 saturated heterocycles. The lowest BCUT2D eigenvalue weighted by Gasteiger charge is -2.25. The number of halogens is 1. The second-order valence-electron chi connectivity index (χ2n) is 4.70. The predicted molar refractivity (Wildman–Crippen MR) is 68.2 cm³/mol. The van der Waals surface area contributed by atoms with Crippen LogP contribution in [0, 0.1) is 11.7 Å². The zero-order chi connectivity index (χ0) is 13.1. The number of hydrogen-bond donors (Lipinski definition) is 3. The van der Waals surface area contributed by atoms with E-state index in [-0.39, 0.29) is 11.3 Å². The van der Waals surface area contributed by atoms with Crippen LogP contribution >= 0.6 is 0 Å². The minimum Gasteiger partial charge on any atom is -0.478 e. The molecule has 1 aliphatic rings. The number of carbonyl (C=O) groups is 1. The summed E-state index contributed by atoms with van der Waals surface area (Å²) < 4.78 is 13.2. The lowest BCUT2D eigenvalue weighted by molar-refractivity contribution is 0.0698. The molecule has 0 heterocycles. The summed E-state index contributed by atoms with van der Waals surface area (Å²) in [4.78, 5) is 11.1. The largest absolute Gasteiger partial charge is 0.478 e. The fourth-order valence-corrected chi connectivity index (χ4v) is 2.16. The van der Waals surface area contributed by atoms with Gasteiger partial charge in [-0.05, 0) is 24.5 Å². The van der Waals surface area contributed by atoms with Gasteiger partial charge in [-0.2, -0.15) is 0 Å². The fraction of sp³-hybridized carbons (Fsp3) is 0.462. The van der Waals surface area contributed by atoms with E-state index < -0.39 is 11.8 Å². The van der Waals surface area contributed by atoms with Crippen LogP contribution in [0.4, 0.5) is 15.8 Å². The quantitative estimate of drug-likeness (QED) is 0.704. The van der Waals surface area contributed by atoms with Gasteiger partial charge in [-0.15, -0.1) is 0 Å². The Kier molecular flexibility index (Phi) is 3.69. The number of nitrogen functional groups attached to an aromatic ring is 1.